The zero-order chi connectivity index (χ0) is 13.0. The number of carbonyl (C=O) groups excluding carboxylic acids is 1. The zero-order valence-corrected chi connectivity index (χ0v) is 10.2. The predicted molar refractivity (Wildman–Crippen MR) is 67.3 cm³/mol. The molecule has 2 rings (SSSR count). The van der Waals surface area contributed by atoms with E-state index in [-0.39, 0.29) is 17.5 Å². The molecule has 1 heterocycles. The number of nitrogens with zero attached hydrogens (tertiary/aromatic N) is 3. The standard InChI is InChI=1S/C11H9ClN4O2/c1-7(17)14-11-10(15-18-16-11)13-6-8-4-2-3-5-9(8)12/h2-6H,1H3,(H,14,16,17). The summed E-state index contributed by atoms with van der Waals surface area (Å²) in [4.78, 5) is 15.0. The molecule has 0 fully saturated rings. The van der Waals surface area contributed by atoms with Gasteiger partial charge in [0.15, 0.2) is 0 Å². The summed E-state index contributed by atoms with van der Waals surface area (Å²) in [5, 5.41) is 10.1. The molecule has 0 unspecified atom stereocenters. The van der Waals surface area contributed by atoms with E-state index in [9.17, 15) is 4.79 Å². The summed E-state index contributed by atoms with van der Waals surface area (Å²) >= 11 is 5.97. The normalized spacial score (nSPS) is 10.8. The Morgan fingerprint density at radius 3 is 2.94 bits per heavy atom. The van der Waals surface area contributed by atoms with E-state index in [1.165, 1.54) is 13.1 Å². The molecule has 0 saturated carbocycles. The molecule has 18 heavy (non-hydrogen) atoms. The number of benzene rings is 1. The molecule has 1 aromatic carbocycles. The van der Waals surface area contributed by atoms with E-state index < -0.39 is 0 Å². The van der Waals surface area contributed by atoms with Crippen molar-refractivity contribution in [2.75, 3.05) is 5.32 Å². The molecular formula is C11H9ClN4O2. The van der Waals surface area contributed by atoms with E-state index in [2.05, 4.69) is 25.3 Å². The van der Waals surface area contributed by atoms with Crippen LogP contribution in [0.15, 0.2) is 33.9 Å². The van der Waals surface area contributed by atoms with Crippen molar-refractivity contribution in [1.82, 2.24) is 10.3 Å². The van der Waals surface area contributed by atoms with E-state index in [4.69, 9.17) is 11.6 Å². The van der Waals surface area contributed by atoms with Crippen molar-refractivity contribution >= 4 is 35.4 Å². The van der Waals surface area contributed by atoms with Gasteiger partial charge in [0.1, 0.15) is 0 Å². The van der Waals surface area contributed by atoms with Gasteiger partial charge >= 0.3 is 0 Å². The van der Waals surface area contributed by atoms with Crippen LogP contribution in [0.1, 0.15) is 12.5 Å². The van der Waals surface area contributed by atoms with Gasteiger partial charge in [0.25, 0.3) is 0 Å². The largest absolute Gasteiger partial charge is 0.305 e. The Balaban J connectivity index is 2.22. The number of halogens is 1. The number of aliphatic imine (C=N–C) groups is 1. The number of rotatable bonds is 3. The van der Waals surface area contributed by atoms with Crippen LogP contribution in [0.25, 0.3) is 0 Å². The summed E-state index contributed by atoms with van der Waals surface area (Å²) in [7, 11) is 0. The fourth-order valence-corrected chi connectivity index (χ4v) is 1.41. The maximum Gasteiger partial charge on any atom is 0.241 e. The molecule has 0 aliphatic rings. The second-order valence-corrected chi connectivity index (χ2v) is 3.80. The minimum Gasteiger partial charge on any atom is -0.305 e. The van der Waals surface area contributed by atoms with Gasteiger partial charge in [-0.05, 0) is 16.4 Å². The maximum atomic E-state index is 10.9. The molecule has 0 saturated heterocycles. The van der Waals surface area contributed by atoms with Gasteiger partial charge in [0.2, 0.25) is 17.5 Å². The molecule has 6 nitrogen and oxygen atoms in total. The summed E-state index contributed by atoms with van der Waals surface area (Å²) in [6, 6.07) is 7.21. The number of aromatic nitrogens is 2. The van der Waals surface area contributed by atoms with Crippen LogP contribution in [-0.2, 0) is 4.79 Å². The topological polar surface area (TPSA) is 80.4 Å². The van der Waals surface area contributed by atoms with Gasteiger partial charge in [-0.3, -0.25) is 4.79 Å². The first kappa shape index (κ1) is 12.3. The van der Waals surface area contributed by atoms with Crippen molar-refractivity contribution in [2.24, 2.45) is 4.99 Å². The van der Waals surface area contributed by atoms with Gasteiger partial charge in [-0.15, -0.1) is 0 Å². The highest BCUT2D eigenvalue weighted by Crippen LogP contribution is 2.20. The van der Waals surface area contributed by atoms with Crippen LogP contribution in [0, 0.1) is 0 Å². The molecule has 7 heteroatoms. The quantitative estimate of drug-likeness (QED) is 0.864. The van der Waals surface area contributed by atoms with Crippen LogP contribution in [-0.4, -0.2) is 22.4 Å². The highest BCUT2D eigenvalue weighted by molar-refractivity contribution is 6.33. The minimum absolute atomic E-state index is 0.172. The first-order chi connectivity index (χ1) is 8.66. The molecule has 1 aromatic heterocycles. The van der Waals surface area contributed by atoms with E-state index in [1.54, 1.807) is 12.1 Å². The van der Waals surface area contributed by atoms with Crippen molar-refractivity contribution < 1.29 is 9.42 Å². The van der Waals surface area contributed by atoms with E-state index in [0.29, 0.717) is 5.02 Å². The minimum atomic E-state index is -0.278. The van der Waals surface area contributed by atoms with Crippen LogP contribution < -0.4 is 5.32 Å². The first-order valence-corrected chi connectivity index (χ1v) is 5.43. The zero-order valence-electron chi connectivity index (χ0n) is 9.42. The van der Waals surface area contributed by atoms with E-state index in [0.717, 1.165) is 5.56 Å². The summed E-state index contributed by atoms with van der Waals surface area (Å²) in [5.74, 6) is 0.0795. The Hall–Kier alpha value is -2.21. The van der Waals surface area contributed by atoms with Crippen molar-refractivity contribution in [1.29, 1.82) is 0 Å². The SMILES string of the molecule is CC(=O)Nc1nonc1N=Cc1ccccc1Cl. The molecular weight excluding hydrogens is 256 g/mol. The van der Waals surface area contributed by atoms with Crippen molar-refractivity contribution in [2.45, 2.75) is 6.92 Å². The molecule has 0 bridgehead atoms. The van der Waals surface area contributed by atoms with Crippen LogP contribution in [0.3, 0.4) is 0 Å². The monoisotopic (exact) mass is 264 g/mol. The Bertz CT molecular complexity index is 594. The third kappa shape index (κ3) is 2.92. The van der Waals surface area contributed by atoms with Crippen molar-refractivity contribution in [3.8, 4) is 0 Å². The van der Waals surface area contributed by atoms with Gasteiger partial charge in [0, 0.05) is 23.7 Å². The van der Waals surface area contributed by atoms with Crippen molar-refractivity contribution in [3.05, 3.63) is 34.9 Å². The molecule has 0 spiro atoms. The lowest BCUT2D eigenvalue weighted by Crippen LogP contribution is -2.05. The maximum absolute atomic E-state index is 10.9. The lowest BCUT2D eigenvalue weighted by molar-refractivity contribution is -0.114. The van der Waals surface area contributed by atoms with Gasteiger partial charge in [-0.1, -0.05) is 29.8 Å². The molecule has 0 atom stereocenters. The number of hydrogen-bond acceptors (Lipinski definition) is 5. The number of hydrogen-bond donors (Lipinski definition) is 1. The fourth-order valence-electron chi connectivity index (χ4n) is 1.22. The van der Waals surface area contributed by atoms with Gasteiger partial charge < -0.3 is 5.32 Å². The van der Waals surface area contributed by atoms with Crippen LogP contribution >= 0.6 is 11.6 Å². The summed E-state index contributed by atoms with van der Waals surface area (Å²) in [5.41, 5.74) is 0.732. The van der Waals surface area contributed by atoms with E-state index >= 15 is 0 Å². The van der Waals surface area contributed by atoms with Crippen LogP contribution in [0.2, 0.25) is 5.02 Å². The van der Waals surface area contributed by atoms with Crippen molar-refractivity contribution in [3.63, 3.8) is 0 Å². The highest BCUT2D eigenvalue weighted by atomic mass is 35.5. The first-order valence-electron chi connectivity index (χ1n) is 5.05. The Morgan fingerprint density at radius 1 is 1.44 bits per heavy atom. The summed E-state index contributed by atoms with van der Waals surface area (Å²) in [6.07, 6.45) is 1.52. The number of anilines is 1. The molecule has 1 amide bonds. The van der Waals surface area contributed by atoms with E-state index in [1.807, 2.05) is 12.1 Å². The van der Waals surface area contributed by atoms with Gasteiger partial charge in [0.05, 0.1) is 0 Å². The third-order valence-corrected chi connectivity index (χ3v) is 2.34. The average molecular weight is 265 g/mol. The molecule has 92 valence electrons. The molecule has 0 aliphatic carbocycles. The fraction of sp³-hybridized carbons (Fsp3) is 0.0909. The number of amides is 1. The van der Waals surface area contributed by atoms with Crippen LogP contribution in [0.4, 0.5) is 11.6 Å². The predicted octanol–water partition coefficient (Wildman–Crippen LogP) is 2.43. The Morgan fingerprint density at radius 2 is 2.22 bits per heavy atom. The Kier molecular flexibility index (Phi) is 3.69. The average Bonchev–Trinajstić information content (AvgIpc) is 2.75. The molecule has 0 radical (unpaired) electrons. The van der Waals surface area contributed by atoms with Crippen LogP contribution in [0.5, 0.6) is 0 Å². The Labute approximate surface area is 108 Å². The van der Waals surface area contributed by atoms with Gasteiger partial charge in [-0.25, -0.2) is 9.62 Å². The third-order valence-electron chi connectivity index (χ3n) is 2.00. The number of carbonyl (C=O) groups is 1. The number of nitrogens with one attached hydrogen (secondary N) is 1. The second kappa shape index (κ2) is 5.42. The summed E-state index contributed by atoms with van der Waals surface area (Å²) < 4.78 is 4.50. The molecule has 1 N–H and O–H groups in total. The second-order valence-electron chi connectivity index (χ2n) is 3.40. The highest BCUT2D eigenvalue weighted by Gasteiger charge is 2.09. The smallest absolute Gasteiger partial charge is 0.241 e. The lowest BCUT2D eigenvalue weighted by atomic mass is 10.2. The molecule has 0 aliphatic heterocycles. The van der Waals surface area contributed by atoms with Gasteiger partial charge in [-0.2, -0.15) is 0 Å². The lowest BCUT2D eigenvalue weighted by Gasteiger charge is -1.96. The molecule has 2 aromatic rings. The summed E-state index contributed by atoms with van der Waals surface area (Å²) in [6.45, 7) is 1.36.